The van der Waals surface area contributed by atoms with Crippen molar-refractivity contribution >= 4 is 5.97 Å². The lowest BCUT2D eigenvalue weighted by atomic mass is 9.88. The van der Waals surface area contributed by atoms with Crippen LogP contribution >= 0.6 is 0 Å². The number of aliphatic carboxylic acids is 1. The summed E-state index contributed by atoms with van der Waals surface area (Å²) in [6.45, 7) is 6.62. The molecule has 1 aliphatic carbocycles. The summed E-state index contributed by atoms with van der Waals surface area (Å²) in [7, 11) is 0. The Bertz CT molecular complexity index is 683. The van der Waals surface area contributed by atoms with Crippen molar-refractivity contribution in [2.24, 2.45) is 10.8 Å². The van der Waals surface area contributed by atoms with Gasteiger partial charge in [-0.1, -0.05) is 40.0 Å². The number of rotatable bonds is 11. The average molecular weight is 393 g/mol. The minimum absolute atomic E-state index is 0.200. The van der Waals surface area contributed by atoms with Crippen molar-refractivity contribution in [1.82, 2.24) is 0 Å². The van der Waals surface area contributed by atoms with Crippen LogP contribution in [0.4, 0.5) is 0 Å². The lowest BCUT2D eigenvalue weighted by Gasteiger charge is -2.18. The number of aromatic hydroxyl groups is 3. The number of unbranched alkanes of at least 4 members (excludes halogenated alkanes) is 3. The fourth-order valence-electron chi connectivity index (χ4n) is 3.87. The maximum Gasteiger partial charge on any atom is 0.309 e. The Morgan fingerprint density at radius 1 is 0.964 bits per heavy atom. The second kappa shape index (κ2) is 9.06. The van der Waals surface area contributed by atoms with E-state index >= 15 is 0 Å². The van der Waals surface area contributed by atoms with E-state index in [1.165, 1.54) is 0 Å². The van der Waals surface area contributed by atoms with Crippen LogP contribution in [0.3, 0.4) is 0 Å². The maximum absolute atomic E-state index is 11.2. The molecular weight excluding hydrogens is 356 g/mol. The normalized spacial score (nSPS) is 15.5. The van der Waals surface area contributed by atoms with Crippen LogP contribution < -0.4 is 0 Å². The highest BCUT2D eigenvalue weighted by Gasteiger charge is 2.49. The fourth-order valence-corrected chi connectivity index (χ4v) is 3.87. The van der Waals surface area contributed by atoms with Crippen LogP contribution in [0.5, 0.6) is 17.2 Å². The predicted octanol–water partition coefficient (Wildman–Crippen LogP) is 5.53. The number of carboxylic acids is 1. The van der Waals surface area contributed by atoms with Crippen molar-refractivity contribution in [3.8, 4) is 17.2 Å². The van der Waals surface area contributed by atoms with E-state index in [-0.39, 0.29) is 16.9 Å². The molecule has 28 heavy (non-hydrogen) atoms. The van der Waals surface area contributed by atoms with Gasteiger partial charge in [-0.3, -0.25) is 4.79 Å². The first kappa shape index (κ1) is 22.4. The van der Waals surface area contributed by atoms with Gasteiger partial charge in [0.05, 0.1) is 5.41 Å². The molecule has 0 heterocycles. The molecule has 0 atom stereocenters. The molecule has 1 fully saturated rings. The quantitative estimate of drug-likeness (QED) is 0.293. The molecule has 1 aliphatic rings. The standard InChI is InChI=1S/C23H36O5/c1-22(2,3)11-8-6-10-17-16(15-18(24)20(26)19(17)25)9-5-4-7-12-23(13-14-23)21(27)28/h15,24-26H,4-14H2,1-3H3,(H,27,28). The summed E-state index contributed by atoms with van der Waals surface area (Å²) < 4.78 is 0. The molecule has 0 unspecified atom stereocenters. The van der Waals surface area contributed by atoms with E-state index in [0.29, 0.717) is 12.8 Å². The SMILES string of the molecule is CC(C)(C)CCCCc1c(CCCCCC2(C(=O)O)CC2)cc(O)c(O)c1O. The van der Waals surface area contributed by atoms with Gasteiger partial charge in [0.1, 0.15) is 0 Å². The zero-order valence-electron chi connectivity index (χ0n) is 17.6. The third-order valence-electron chi connectivity index (χ3n) is 5.96. The zero-order chi connectivity index (χ0) is 20.9. The van der Waals surface area contributed by atoms with Crippen LogP contribution in [-0.2, 0) is 17.6 Å². The summed E-state index contributed by atoms with van der Waals surface area (Å²) in [6.07, 6.45) is 9.42. The first-order valence-corrected chi connectivity index (χ1v) is 10.5. The third kappa shape index (κ3) is 6.05. The Hall–Kier alpha value is -1.91. The van der Waals surface area contributed by atoms with E-state index in [1.807, 2.05) is 0 Å². The molecular formula is C23H36O5. The van der Waals surface area contributed by atoms with Gasteiger partial charge >= 0.3 is 5.97 Å². The van der Waals surface area contributed by atoms with Gasteiger partial charge < -0.3 is 20.4 Å². The molecule has 1 saturated carbocycles. The Kier molecular flexibility index (Phi) is 7.24. The van der Waals surface area contributed by atoms with E-state index in [9.17, 15) is 25.2 Å². The lowest BCUT2D eigenvalue weighted by molar-refractivity contribution is -0.143. The molecule has 0 radical (unpaired) electrons. The molecule has 0 bridgehead atoms. The van der Waals surface area contributed by atoms with E-state index in [2.05, 4.69) is 20.8 Å². The number of benzene rings is 1. The van der Waals surface area contributed by atoms with E-state index in [0.717, 1.165) is 68.9 Å². The molecule has 0 saturated heterocycles. The molecule has 2 rings (SSSR count). The Balaban J connectivity index is 1.89. The minimum atomic E-state index is -0.668. The summed E-state index contributed by atoms with van der Waals surface area (Å²) in [5, 5.41) is 39.3. The first-order chi connectivity index (χ1) is 13.1. The molecule has 5 nitrogen and oxygen atoms in total. The minimum Gasteiger partial charge on any atom is -0.504 e. The number of phenolic OH excluding ortho intramolecular Hbond substituents is 3. The maximum atomic E-state index is 11.2. The molecule has 4 N–H and O–H groups in total. The topological polar surface area (TPSA) is 98.0 Å². The van der Waals surface area contributed by atoms with Gasteiger partial charge in [0, 0.05) is 5.56 Å². The smallest absolute Gasteiger partial charge is 0.309 e. The molecule has 158 valence electrons. The van der Waals surface area contributed by atoms with Crippen molar-refractivity contribution in [3.63, 3.8) is 0 Å². The fraction of sp³-hybridized carbons (Fsp3) is 0.696. The van der Waals surface area contributed by atoms with Crippen molar-refractivity contribution in [3.05, 3.63) is 17.2 Å². The van der Waals surface area contributed by atoms with Crippen molar-refractivity contribution in [2.45, 2.75) is 91.4 Å². The molecule has 0 amide bonds. The molecule has 5 heteroatoms. The number of carbonyl (C=O) groups is 1. The average Bonchev–Trinajstić information content (AvgIpc) is 3.38. The van der Waals surface area contributed by atoms with Gasteiger partial charge in [-0.25, -0.2) is 0 Å². The van der Waals surface area contributed by atoms with Crippen molar-refractivity contribution < 1.29 is 25.2 Å². The third-order valence-corrected chi connectivity index (χ3v) is 5.96. The molecule has 0 aromatic heterocycles. The number of hydrogen-bond donors (Lipinski definition) is 4. The van der Waals surface area contributed by atoms with E-state index < -0.39 is 17.1 Å². The lowest BCUT2D eigenvalue weighted by Crippen LogP contribution is -2.14. The van der Waals surface area contributed by atoms with Gasteiger partial charge in [-0.15, -0.1) is 0 Å². The Labute approximate surface area is 168 Å². The Morgan fingerprint density at radius 2 is 1.61 bits per heavy atom. The molecule has 0 spiro atoms. The molecule has 0 aliphatic heterocycles. The largest absolute Gasteiger partial charge is 0.504 e. The first-order valence-electron chi connectivity index (χ1n) is 10.5. The van der Waals surface area contributed by atoms with Gasteiger partial charge in [-0.05, 0) is 68.4 Å². The van der Waals surface area contributed by atoms with E-state index in [1.54, 1.807) is 6.07 Å². The van der Waals surface area contributed by atoms with Crippen molar-refractivity contribution in [1.29, 1.82) is 0 Å². The second-order valence-electron chi connectivity index (χ2n) is 9.64. The molecule has 1 aromatic rings. The number of phenols is 3. The monoisotopic (exact) mass is 392 g/mol. The second-order valence-corrected chi connectivity index (χ2v) is 9.64. The molecule has 1 aromatic carbocycles. The van der Waals surface area contributed by atoms with Gasteiger partial charge in [0.2, 0.25) is 5.75 Å². The highest BCUT2D eigenvalue weighted by Crippen LogP contribution is 2.50. The van der Waals surface area contributed by atoms with Crippen LogP contribution in [0, 0.1) is 10.8 Å². The summed E-state index contributed by atoms with van der Waals surface area (Å²) in [5.74, 6) is -1.59. The summed E-state index contributed by atoms with van der Waals surface area (Å²) in [6, 6.07) is 1.56. The highest BCUT2D eigenvalue weighted by molar-refractivity contribution is 5.77. The number of carboxylic acid groups (broad SMARTS) is 1. The Morgan fingerprint density at radius 3 is 2.18 bits per heavy atom. The van der Waals surface area contributed by atoms with Crippen LogP contribution in [0.2, 0.25) is 0 Å². The van der Waals surface area contributed by atoms with Crippen LogP contribution in [0.15, 0.2) is 6.07 Å². The summed E-state index contributed by atoms with van der Waals surface area (Å²) in [5.41, 5.74) is 1.42. The van der Waals surface area contributed by atoms with E-state index in [4.69, 9.17) is 0 Å². The number of hydrogen-bond acceptors (Lipinski definition) is 4. The van der Waals surface area contributed by atoms with Gasteiger partial charge in [0.15, 0.2) is 11.5 Å². The van der Waals surface area contributed by atoms with Gasteiger partial charge in [0.25, 0.3) is 0 Å². The zero-order valence-corrected chi connectivity index (χ0v) is 17.6. The summed E-state index contributed by atoms with van der Waals surface area (Å²) in [4.78, 5) is 11.2. The predicted molar refractivity (Wildman–Crippen MR) is 110 cm³/mol. The van der Waals surface area contributed by atoms with Crippen LogP contribution in [-0.4, -0.2) is 26.4 Å². The van der Waals surface area contributed by atoms with Crippen LogP contribution in [0.1, 0.15) is 89.7 Å². The highest BCUT2D eigenvalue weighted by atomic mass is 16.4. The van der Waals surface area contributed by atoms with Gasteiger partial charge in [-0.2, -0.15) is 0 Å². The van der Waals surface area contributed by atoms with Crippen molar-refractivity contribution in [2.75, 3.05) is 0 Å². The number of aryl methyl sites for hydroxylation is 1. The summed E-state index contributed by atoms with van der Waals surface area (Å²) >= 11 is 0. The van der Waals surface area contributed by atoms with Crippen LogP contribution in [0.25, 0.3) is 0 Å².